The van der Waals surface area contributed by atoms with Crippen molar-refractivity contribution in [1.29, 1.82) is 0 Å². The van der Waals surface area contributed by atoms with Crippen LogP contribution in [0.4, 0.5) is 0 Å². The summed E-state index contributed by atoms with van der Waals surface area (Å²) in [6.45, 7) is 6.61. The average molecular weight is 253 g/mol. The van der Waals surface area contributed by atoms with Crippen LogP contribution in [0.15, 0.2) is 24.3 Å². The van der Waals surface area contributed by atoms with Crippen LogP contribution in [0.25, 0.3) is 0 Å². The summed E-state index contributed by atoms with van der Waals surface area (Å²) >= 11 is 5.90. The van der Waals surface area contributed by atoms with Crippen LogP contribution in [0, 0.1) is 0 Å². The lowest BCUT2D eigenvalue weighted by molar-refractivity contribution is 0.240. The number of halogens is 1. The minimum atomic E-state index is 0.700. The van der Waals surface area contributed by atoms with Gasteiger partial charge < -0.3 is 5.32 Å². The van der Waals surface area contributed by atoms with Gasteiger partial charge in [0.05, 0.1) is 0 Å². The van der Waals surface area contributed by atoms with E-state index in [-0.39, 0.29) is 0 Å². The van der Waals surface area contributed by atoms with Crippen LogP contribution < -0.4 is 5.32 Å². The summed E-state index contributed by atoms with van der Waals surface area (Å²) in [7, 11) is 0. The van der Waals surface area contributed by atoms with Crippen LogP contribution in [0.5, 0.6) is 0 Å². The Morgan fingerprint density at radius 3 is 2.82 bits per heavy atom. The minimum Gasteiger partial charge on any atom is -0.315 e. The molecule has 1 aliphatic heterocycles. The maximum Gasteiger partial charge on any atom is 0.0406 e. The molecule has 1 aromatic carbocycles. The standard InChI is InChI=1S/C14H21ClN2/c1-2-16-10-14-4-3-9-17(14)11-12-5-7-13(15)8-6-12/h5-8,14,16H,2-4,9-11H2,1H3. The summed E-state index contributed by atoms with van der Waals surface area (Å²) in [5.74, 6) is 0. The van der Waals surface area contributed by atoms with E-state index in [9.17, 15) is 0 Å². The molecule has 1 fully saturated rings. The largest absolute Gasteiger partial charge is 0.315 e. The Balaban J connectivity index is 1.90. The molecule has 1 aromatic rings. The van der Waals surface area contributed by atoms with Crippen molar-refractivity contribution in [2.75, 3.05) is 19.6 Å². The van der Waals surface area contributed by atoms with Crippen molar-refractivity contribution in [3.63, 3.8) is 0 Å². The van der Waals surface area contributed by atoms with Gasteiger partial charge in [-0.05, 0) is 43.6 Å². The van der Waals surface area contributed by atoms with E-state index in [4.69, 9.17) is 11.6 Å². The highest BCUT2D eigenvalue weighted by atomic mass is 35.5. The minimum absolute atomic E-state index is 0.700. The summed E-state index contributed by atoms with van der Waals surface area (Å²) < 4.78 is 0. The van der Waals surface area contributed by atoms with Gasteiger partial charge in [-0.25, -0.2) is 0 Å². The SMILES string of the molecule is CCNCC1CCCN1Cc1ccc(Cl)cc1. The fourth-order valence-corrected chi connectivity index (χ4v) is 2.60. The zero-order chi connectivity index (χ0) is 12.1. The molecule has 1 heterocycles. The van der Waals surface area contributed by atoms with E-state index in [0.717, 1.165) is 24.7 Å². The number of nitrogens with one attached hydrogen (secondary N) is 1. The van der Waals surface area contributed by atoms with Gasteiger partial charge in [0.25, 0.3) is 0 Å². The van der Waals surface area contributed by atoms with Crippen molar-refractivity contribution in [3.8, 4) is 0 Å². The molecule has 0 aromatic heterocycles. The Bertz CT molecular complexity index is 337. The van der Waals surface area contributed by atoms with Gasteiger partial charge in [0, 0.05) is 24.2 Å². The fourth-order valence-electron chi connectivity index (χ4n) is 2.47. The molecule has 1 atom stereocenters. The molecule has 1 unspecified atom stereocenters. The van der Waals surface area contributed by atoms with E-state index in [1.165, 1.54) is 24.9 Å². The molecule has 1 aliphatic rings. The summed E-state index contributed by atoms with van der Waals surface area (Å²) in [4.78, 5) is 2.58. The fraction of sp³-hybridized carbons (Fsp3) is 0.571. The Hall–Kier alpha value is -0.570. The smallest absolute Gasteiger partial charge is 0.0406 e. The second-order valence-corrected chi connectivity index (χ2v) is 5.14. The molecule has 94 valence electrons. The number of hydrogen-bond acceptors (Lipinski definition) is 2. The molecule has 0 aliphatic carbocycles. The first kappa shape index (κ1) is 12.9. The lowest BCUT2D eigenvalue weighted by Crippen LogP contribution is -2.37. The second kappa shape index (κ2) is 6.39. The van der Waals surface area contributed by atoms with Crippen molar-refractivity contribution in [2.45, 2.75) is 32.4 Å². The highest BCUT2D eigenvalue weighted by molar-refractivity contribution is 6.30. The number of hydrogen-bond donors (Lipinski definition) is 1. The number of nitrogens with zero attached hydrogens (tertiary/aromatic N) is 1. The Labute approximate surface area is 109 Å². The molecule has 0 saturated carbocycles. The molecule has 3 heteroatoms. The van der Waals surface area contributed by atoms with Gasteiger partial charge in [0.2, 0.25) is 0 Å². The van der Waals surface area contributed by atoms with Crippen molar-refractivity contribution in [2.24, 2.45) is 0 Å². The van der Waals surface area contributed by atoms with Gasteiger partial charge >= 0.3 is 0 Å². The van der Waals surface area contributed by atoms with Gasteiger partial charge in [-0.15, -0.1) is 0 Å². The zero-order valence-electron chi connectivity index (χ0n) is 10.5. The third-order valence-electron chi connectivity index (χ3n) is 3.43. The molecule has 0 amide bonds. The first-order valence-corrected chi connectivity index (χ1v) is 6.86. The highest BCUT2D eigenvalue weighted by Crippen LogP contribution is 2.20. The van der Waals surface area contributed by atoms with E-state index in [2.05, 4.69) is 29.3 Å². The highest BCUT2D eigenvalue weighted by Gasteiger charge is 2.23. The van der Waals surface area contributed by atoms with Crippen LogP contribution in [-0.2, 0) is 6.54 Å². The molecule has 1 saturated heterocycles. The number of likely N-dealkylation sites (N-methyl/N-ethyl adjacent to an activating group) is 1. The van der Waals surface area contributed by atoms with Crippen LogP contribution >= 0.6 is 11.6 Å². The maximum atomic E-state index is 5.90. The summed E-state index contributed by atoms with van der Waals surface area (Å²) in [6, 6.07) is 8.92. The van der Waals surface area contributed by atoms with E-state index in [1.54, 1.807) is 0 Å². The van der Waals surface area contributed by atoms with Crippen molar-refractivity contribution >= 4 is 11.6 Å². The average Bonchev–Trinajstić information content (AvgIpc) is 2.77. The third kappa shape index (κ3) is 3.70. The summed E-state index contributed by atoms with van der Waals surface area (Å²) in [6.07, 6.45) is 2.64. The van der Waals surface area contributed by atoms with Crippen LogP contribution in [-0.4, -0.2) is 30.6 Å². The molecule has 2 rings (SSSR count). The van der Waals surface area contributed by atoms with Crippen molar-refractivity contribution < 1.29 is 0 Å². The first-order chi connectivity index (χ1) is 8.29. The van der Waals surface area contributed by atoms with E-state index < -0.39 is 0 Å². The third-order valence-corrected chi connectivity index (χ3v) is 3.68. The maximum absolute atomic E-state index is 5.90. The first-order valence-electron chi connectivity index (χ1n) is 6.49. The molecular formula is C14H21ClN2. The quantitative estimate of drug-likeness (QED) is 0.867. The normalized spacial score (nSPS) is 20.9. The topological polar surface area (TPSA) is 15.3 Å². The zero-order valence-corrected chi connectivity index (χ0v) is 11.2. The molecule has 0 bridgehead atoms. The molecular weight excluding hydrogens is 232 g/mol. The number of rotatable bonds is 5. The Morgan fingerprint density at radius 2 is 2.12 bits per heavy atom. The lowest BCUT2D eigenvalue weighted by Gasteiger charge is -2.24. The van der Waals surface area contributed by atoms with Crippen molar-refractivity contribution in [3.05, 3.63) is 34.9 Å². The van der Waals surface area contributed by atoms with E-state index in [0.29, 0.717) is 6.04 Å². The van der Waals surface area contributed by atoms with Crippen LogP contribution in [0.3, 0.4) is 0 Å². The summed E-state index contributed by atoms with van der Waals surface area (Å²) in [5, 5.41) is 4.27. The molecule has 1 N–H and O–H groups in total. The number of benzene rings is 1. The summed E-state index contributed by atoms with van der Waals surface area (Å²) in [5.41, 5.74) is 1.36. The molecule has 17 heavy (non-hydrogen) atoms. The number of likely N-dealkylation sites (tertiary alicyclic amines) is 1. The van der Waals surface area contributed by atoms with Gasteiger partial charge in [-0.3, -0.25) is 4.90 Å². The van der Waals surface area contributed by atoms with Gasteiger partial charge in [-0.2, -0.15) is 0 Å². The van der Waals surface area contributed by atoms with Crippen LogP contribution in [0.1, 0.15) is 25.3 Å². The predicted octanol–water partition coefficient (Wildman–Crippen LogP) is 2.91. The van der Waals surface area contributed by atoms with E-state index in [1.807, 2.05) is 12.1 Å². The van der Waals surface area contributed by atoms with Gasteiger partial charge in [0.1, 0.15) is 0 Å². The monoisotopic (exact) mass is 252 g/mol. The Morgan fingerprint density at radius 1 is 1.35 bits per heavy atom. The lowest BCUT2D eigenvalue weighted by atomic mass is 10.2. The molecule has 2 nitrogen and oxygen atoms in total. The predicted molar refractivity (Wildman–Crippen MR) is 73.4 cm³/mol. The van der Waals surface area contributed by atoms with Crippen LogP contribution in [0.2, 0.25) is 5.02 Å². The Kier molecular flexibility index (Phi) is 4.84. The van der Waals surface area contributed by atoms with Gasteiger partial charge in [0.15, 0.2) is 0 Å². The van der Waals surface area contributed by atoms with E-state index >= 15 is 0 Å². The second-order valence-electron chi connectivity index (χ2n) is 4.70. The molecule has 0 spiro atoms. The van der Waals surface area contributed by atoms with Crippen molar-refractivity contribution in [1.82, 2.24) is 10.2 Å². The van der Waals surface area contributed by atoms with Gasteiger partial charge in [-0.1, -0.05) is 30.7 Å². The molecule has 0 radical (unpaired) electrons.